The summed E-state index contributed by atoms with van der Waals surface area (Å²) < 4.78 is 0. The maximum absolute atomic E-state index is 12.4. The molecule has 1 aromatic carbocycles. The van der Waals surface area contributed by atoms with Crippen LogP contribution in [0.3, 0.4) is 0 Å². The highest BCUT2D eigenvalue weighted by atomic mass is 35.5. The number of nitro benzene ring substituents is 1. The van der Waals surface area contributed by atoms with Gasteiger partial charge in [0.25, 0.3) is 5.69 Å². The van der Waals surface area contributed by atoms with Crippen molar-refractivity contribution in [1.29, 1.82) is 0 Å². The van der Waals surface area contributed by atoms with E-state index in [4.69, 9.17) is 11.6 Å². The van der Waals surface area contributed by atoms with Crippen molar-refractivity contribution in [1.82, 2.24) is 5.32 Å². The first-order valence-electron chi connectivity index (χ1n) is 7.04. The van der Waals surface area contributed by atoms with E-state index in [1.165, 1.54) is 31.0 Å². The molecule has 2 N–H and O–H groups in total. The van der Waals surface area contributed by atoms with Gasteiger partial charge in [-0.1, -0.05) is 18.0 Å². The topological polar surface area (TPSA) is 84.3 Å². The fourth-order valence-electron chi connectivity index (χ4n) is 3.41. The lowest BCUT2D eigenvalue weighted by atomic mass is 9.93. The van der Waals surface area contributed by atoms with E-state index in [1.807, 2.05) is 0 Å². The fraction of sp³-hybridized carbons (Fsp3) is 0.500. The summed E-state index contributed by atoms with van der Waals surface area (Å²) in [6, 6.07) is 3.81. The molecule has 6 nitrogen and oxygen atoms in total. The van der Waals surface area contributed by atoms with Crippen LogP contribution in [0.2, 0.25) is 5.02 Å². The third-order valence-electron chi connectivity index (χ3n) is 4.45. The van der Waals surface area contributed by atoms with E-state index in [0.29, 0.717) is 22.5 Å². The number of halogens is 1. The molecule has 0 spiro atoms. The van der Waals surface area contributed by atoms with Crippen LogP contribution in [0, 0.1) is 22.0 Å². The summed E-state index contributed by atoms with van der Waals surface area (Å²) >= 11 is 6.01. The predicted molar refractivity (Wildman–Crippen MR) is 79.4 cm³/mol. The lowest BCUT2D eigenvalue weighted by Gasteiger charge is -2.18. The third kappa shape index (κ3) is 2.73. The summed E-state index contributed by atoms with van der Waals surface area (Å²) in [5.41, 5.74) is 0.201. The smallest absolute Gasteiger partial charge is 0.271 e. The van der Waals surface area contributed by atoms with Gasteiger partial charge in [0, 0.05) is 12.1 Å². The van der Waals surface area contributed by atoms with Crippen LogP contribution >= 0.6 is 11.6 Å². The number of fused-ring (bicyclic) bond motifs is 1. The lowest BCUT2D eigenvalue weighted by Crippen LogP contribution is -2.39. The molecule has 3 atom stereocenters. The van der Waals surface area contributed by atoms with Crippen molar-refractivity contribution in [3.63, 3.8) is 0 Å². The molecule has 21 heavy (non-hydrogen) atoms. The number of amides is 1. The first kappa shape index (κ1) is 14.3. The van der Waals surface area contributed by atoms with Gasteiger partial charge in [0.2, 0.25) is 5.91 Å². The zero-order valence-electron chi connectivity index (χ0n) is 11.3. The van der Waals surface area contributed by atoms with E-state index >= 15 is 0 Å². The molecule has 1 heterocycles. The summed E-state index contributed by atoms with van der Waals surface area (Å²) in [5, 5.41) is 17.1. The second-order valence-corrected chi connectivity index (χ2v) is 6.06. The predicted octanol–water partition coefficient (Wildman–Crippen LogP) is 2.57. The Bertz CT molecular complexity index is 593. The maximum atomic E-state index is 12.4. The van der Waals surface area contributed by atoms with Crippen molar-refractivity contribution >= 4 is 28.9 Å². The molecule has 3 rings (SSSR count). The van der Waals surface area contributed by atoms with Crippen LogP contribution in [-0.4, -0.2) is 23.4 Å². The van der Waals surface area contributed by atoms with E-state index in [-0.39, 0.29) is 17.6 Å². The van der Waals surface area contributed by atoms with Gasteiger partial charge >= 0.3 is 0 Å². The summed E-state index contributed by atoms with van der Waals surface area (Å²) in [6.07, 6.45) is 3.38. The SMILES string of the molecule is O=C(Nc1cc([N+](=O)[O-])ccc1Cl)C1NCC2CCCC21. The molecule has 1 aromatic rings. The fourth-order valence-corrected chi connectivity index (χ4v) is 3.57. The van der Waals surface area contributed by atoms with Crippen LogP contribution in [0.15, 0.2) is 18.2 Å². The van der Waals surface area contributed by atoms with Crippen molar-refractivity contribution in [2.45, 2.75) is 25.3 Å². The zero-order chi connectivity index (χ0) is 15.0. The van der Waals surface area contributed by atoms with Crippen molar-refractivity contribution < 1.29 is 9.72 Å². The summed E-state index contributed by atoms with van der Waals surface area (Å²) in [7, 11) is 0. The van der Waals surface area contributed by atoms with Gasteiger partial charge in [-0.3, -0.25) is 14.9 Å². The molecule has 7 heteroatoms. The van der Waals surface area contributed by atoms with Crippen molar-refractivity contribution in [2.24, 2.45) is 11.8 Å². The van der Waals surface area contributed by atoms with Crippen LogP contribution in [0.4, 0.5) is 11.4 Å². The molecule has 1 amide bonds. The van der Waals surface area contributed by atoms with Crippen LogP contribution in [0.25, 0.3) is 0 Å². The average molecular weight is 310 g/mol. The largest absolute Gasteiger partial charge is 0.323 e. The van der Waals surface area contributed by atoms with Gasteiger partial charge in [-0.25, -0.2) is 0 Å². The third-order valence-corrected chi connectivity index (χ3v) is 4.78. The number of carbonyl (C=O) groups is 1. The number of hydrogen-bond donors (Lipinski definition) is 2. The maximum Gasteiger partial charge on any atom is 0.271 e. The highest BCUT2D eigenvalue weighted by molar-refractivity contribution is 6.33. The molecule has 1 aliphatic carbocycles. The number of nitrogens with zero attached hydrogens (tertiary/aromatic N) is 1. The number of rotatable bonds is 3. The Morgan fingerprint density at radius 1 is 1.43 bits per heavy atom. The molecular formula is C14H16ClN3O3. The molecule has 112 valence electrons. The summed E-state index contributed by atoms with van der Waals surface area (Å²) in [5.74, 6) is 0.774. The first-order valence-corrected chi connectivity index (χ1v) is 7.42. The minimum atomic E-state index is -0.507. The van der Waals surface area contributed by atoms with E-state index in [2.05, 4.69) is 10.6 Å². The Labute approximate surface area is 127 Å². The average Bonchev–Trinajstić information content (AvgIpc) is 3.03. The van der Waals surface area contributed by atoms with E-state index < -0.39 is 4.92 Å². The van der Waals surface area contributed by atoms with E-state index in [1.54, 1.807) is 0 Å². The number of nitrogens with one attached hydrogen (secondary N) is 2. The van der Waals surface area contributed by atoms with Crippen LogP contribution in [-0.2, 0) is 4.79 Å². The Morgan fingerprint density at radius 2 is 2.24 bits per heavy atom. The van der Waals surface area contributed by atoms with E-state index in [0.717, 1.165) is 13.0 Å². The highest BCUT2D eigenvalue weighted by Crippen LogP contribution is 2.38. The number of hydrogen-bond acceptors (Lipinski definition) is 4. The second kappa shape index (κ2) is 5.61. The molecule has 0 radical (unpaired) electrons. The molecule has 0 bridgehead atoms. The number of non-ortho nitro benzene ring substituents is 1. The van der Waals surface area contributed by atoms with Gasteiger partial charge in [-0.2, -0.15) is 0 Å². The normalized spacial score (nSPS) is 27.4. The number of nitro groups is 1. The Hall–Kier alpha value is -1.66. The van der Waals surface area contributed by atoms with Crippen LogP contribution in [0.1, 0.15) is 19.3 Å². The molecule has 0 aromatic heterocycles. The monoisotopic (exact) mass is 309 g/mol. The van der Waals surface area contributed by atoms with Crippen molar-refractivity contribution in [3.05, 3.63) is 33.3 Å². The number of carbonyl (C=O) groups excluding carboxylic acids is 1. The highest BCUT2D eigenvalue weighted by Gasteiger charge is 2.42. The quantitative estimate of drug-likeness (QED) is 0.664. The standard InChI is InChI=1S/C14H16ClN3O3/c15-11-5-4-9(18(20)21)6-12(11)17-14(19)13-10-3-1-2-8(10)7-16-13/h4-6,8,10,13,16H,1-3,7H2,(H,17,19). The first-order chi connectivity index (χ1) is 10.1. The molecule has 3 unspecified atom stereocenters. The van der Waals surface area contributed by atoms with Crippen LogP contribution in [0.5, 0.6) is 0 Å². The number of anilines is 1. The number of benzene rings is 1. The molecule has 2 fully saturated rings. The van der Waals surface area contributed by atoms with Gasteiger partial charge in [-0.05, 0) is 37.3 Å². The van der Waals surface area contributed by atoms with Gasteiger partial charge in [-0.15, -0.1) is 0 Å². The zero-order valence-corrected chi connectivity index (χ0v) is 12.1. The van der Waals surface area contributed by atoms with Crippen molar-refractivity contribution in [2.75, 3.05) is 11.9 Å². The lowest BCUT2D eigenvalue weighted by molar-refractivity contribution is -0.384. The molecule has 1 saturated heterocycles. The minimum Gasteiger partial charge on any atom is -0.323 e. The van der Waals surface area contributed by atoms with Gasteiger partial charge in [0.1, 0.15) is 0 Å². The van der Waals surface area contributed by atoms with Crippen LogP contribution < -0.4 is 10.6 Å². The summed E-state index contributed by atoms with van der Waals surface area (Å²) in [4.78, 5) is 22.7. The van der Waals surface area contributed by atoms with Crippen molar-refractivity contribution in [3.8, 4) is 0 Å². The minimum absolute atomic E-state index is 0.0900. The molecule has 1 aliphatic heterocycles. The van der Waals surface area contributed by atoms with E-state index in [9.17, 15) is 14.9 Å². The second-order valence-electron chi connectivity index (χ2n) is 5.65. The van der Waals surface area contributed by atoms with Gasteiger partial charge in [0.05, 0.1) is 21.7 Å². The molecule has 2 aliphatic rings. The Kier molecular flexibility index (Phi) is 3.82. The summed E-state index contributed by atoms with van der Waals surface area (Å²) in [6.45, 7) is 0.866. The molecular weight excluding hydrogens is 294 g/mol. The Balaban J connectivity index is 1.75. The van der Waals surface area contributed by atoms with Gasteiger partial charge in [0.15, 0.2) is 0 Å². The Morgan fingerprint density at radius 3 is 3.00 bits per heavy atom. The van der Waals surface area contributed by atoms with Gasteiger partial charge < -0.3 is 10.6 Å². The molecule has 1 saturated carbocycles.